The van der Waals surface area contributed by atoms with Crippen LogP contribution in [0.1, 0.15) is 63.2 Å². The van der Waals surface area contributed by atoms with Gasteiger partial charge in [-0.25, -0.2) is 9.78 Å². The normalized spacial score (nSPS) is 14.6. The van der Waals surface area contributed by atoms with E-state index in [2.05, 4.69) is 10.3 Å². The van der Waals surface area contributed by atoms with Gasteiger partial charge in [0.25, 0.3) is 0 Å². The number of aryl methyl sites for hydroxylation is 1. The number of hydrogen-bond acceptors (Lipinski definition) is 7. The lowest BCUT2D eigenvalue weighted by molar-refractivity contribution is -0.207. The topological polar surface area (TPSA) is 133 Å². The van der Waals surface area contributed by atoms with E-state index in [0.717, 1.165) is 11.1 Å². The third kappa shape index (κ3) is 8.27. The minimum absolute atomic E-state index is 0.112. The summed E-state index contributed by atoms with van der Waals surface area (Å²) in [6.45, 7) is 6.34. The van der Waals surface area contributed by atoms with Crippen LogP contribution in [0, 0.1) is 0 Å². The molecule has 1 aromatic heterocycles. The van der Waals surface area contributed by atoms with E-state index in [-0.39, 0.29) is 24.1 Å². The average molecular weight is 549 g/mol. The minimum atomic E-state index is -5.27. The smallest absolute Gasteiger partial charge is 0.443 e. The summed E-state index contributed by atoms with van der Waals surface area (Å²) in [5.74, 6) is -3.29. The molecule has 3 atom stereocenters. The number of rotatable bonds is 11. The van der Waals surface area contributed by atoms with Gasteiger partial charge in [0.2, 0.25) is 11.8 Å². The standard InChI is InChI=1S/C28H35F3N4O4/c1-27(2,3)18-12-14-22-21(16-18)35-25(38-22)23(39-26(37)28(29,30)31)20(13-11-17-8-5-4-6-9-17)34-24(36)19(33)10-7-15-32/h4-6,8-9,12,14,16,19-20,23H,7,10-11,13,15,32-33H2,1-3H3,(H,34,36)/t19-,20-,23?/m1/s1. The first-order valence-corrected chi connectivity index (χ1v) is 12.8. The minimum Gasteiger partial charge on any atom is -0.443 e. The van der Waals surface area contributed by atoms with Gasteiger partial charge in [0.15, 0.2) is 11.7 Å². The molecule has 1 heterocycles. The second-order valence-corrected chi connectivity index (χ2v) is 10.5. The van der Waals surface area contributed by atoms with Gasteiger partial charge >= 0.3 is 12.1 Å². The Balaban J connectivity index is 2.02. The molecule has 39 heavy (non-hydrogen) atoms. The number of esters is 1. The molecule has 3 aromatic rings. The van der Waals surface area contributed by atoms with Crippen molar-refractivity contribution >= 4 is 23.0 Å². The summed E-state index contributed by atoms with van der Waals surface area (Å²) in [5, 5.41) is 2.68. The number of carbonyl (C=O) groups is 2. The fourth-order valence-corrected chi connectivity index (χ4v) is 4.04. The van der Waals surface area contributed by atoms with E-state index in [1.54, 1.807) is 12.1 Å². The largest absolute Gasteiger partial charge is 0.490 e. The number of aromatic nitrogens is 1. The first kappa shape index (κ1) is 30.1. The Morgan fingerprint density at radius 2 is 1.77 bits per heavy atom. The molecular formula is C28H35F3N4O4. The zero-order valence-electron chi connectivity index (χ0n) is 22.3. The van der Waals surface area contributed by atoms with Gasteiger partial charge in [-0.15, -0.1) is 0 Å². The van der Waals surface area contributed by atoms with Crippen molar-refractivity contribution < 1.29 is 31.9 Å². The fourth-order valence-electron chi connectivity index (χ4n) is 4.04. The first-order valence-electron chi connectivity index (χ1n) is 12.8. The Morgan fingerprint density at radius 3 is 2.38 bits per heavy atom. The zero-order valence-corrected chi connectivity index (χ0v) is 22.3. The molecule has 212 valence electrons. The van der Waals surface area contributed by atoms with Crippen molar-refractivity contribution in [3.8, 4) is 0 Å². The van der Waals surface area contributed by atoms with Crippen LogP contribution in [-0.4, -0.2) is 41.7 Å². The Bertz CT molecular complexity index is 1260. The first-order chi connectivity index (χ1) is 18.3. The molecule has 8 nitrogen and oxygen atoms in total. The second kappa shape index (κ2) is 12.6. The van der Waals surface area contributed by atoms with Gasteiger partial charge in [0, 0.05) is 0 Å². The van der Waals surface area contributed by atoms with Gasteiger partial charge in [-0.3, -0.25) is 4.79 Å². The monoisotopic (exact) mass is 548 g/mol. The number of halogens is 3. The summed E-state index contributed by atoms with van der Waals surface area (Å²) in [5.41, 5.74) is 13.8. The maximum Gasteiger partial charge on any atom is 0.490 e. The molecule has 1 unspecified atom stereocenters. The Labute approximate surface area is 225 Å². The Kier molecular flexibility index (Phi) is 9.73. The van der Waals surface area contributed by atoms with Crippen molar-refractivity contribution in [3.63, 3.8) is 0 Å². The van der Waals surface area contributed by atoms with Gasteiger partial charge in [-0.1, -0.05) is 57.2 Å². The quantitative estimate of drug-likeness (QED) is 0.301. The van der Waals surface area contributed by atoms with Crippen LogP contribution in [0.25, 0.3) is 11.1 Å². The van der Waals surface area contributed by atoms with E-state index < -0.39 is 36.2 Å². The molecular weight excluding hydrogens is 513 g/mol. The molecule has 0 aliphatic rings. The maximum absolute atomic E-state index is 13.3. The van der Waals surface area contributed by atoms with Crippen LogP contribution in [0.2, 0.25) is 0 Å². The zero-order chi connectivity index (χ0) is 28.8. The van der Waals surface area contributed by atoms with Crippen LogP contribution in [0.4, 0.5) is 13.2 Å². The van der Waals surface area contributed by atoms with E-state index in [4.69, 9.17) is 20.6 Å². The number of alkyl halides is 3. The number of fused-ring (bicyclic) bond motifs is 1. The Hall–Kier alpha value is -3.44. The van der Waals surface area contributed by atoms with Crippen molar-refractivity contribution in [2.45, 2.75) is 76.2 Å². The third-order valence-electron chi connectivity index (χ3n) is 6.31. The van der Waals surface area contributed by atoms with Crippen molar-refractivity contribution in [2.75, 3.05) is 6.54 Å². The predicted octanol–water partition coefficient (Wildman–Crippen LogP) is 4.46. The highest BCUT2D eigenvalue weighted by Gasteiger charge is 2.45. The molecule has 0 saturated heterocycles. The third-order valence-corrected chi connectivity index (χ3v) is 6.31. The molecule has 0 radical (unpaired) electrons. The number of carbonyl (C=O) groups excluding carboxylic acids is 2. The number of amides is 1. The number of nitrogens with two attached hydrogens (primary N) is 2. The summed E-state index contributed by atoms with van der Waals surface area (Å²) in [7, 11) is 0. The highest BCUT2D eigenvalue weighted by Crippen LogP contribution is 2.32. The molecule has 0 aliphatic heterocycles. The molecule has 3 rings (SSSR count). The van der Waals surface area contributed by atoms with Crippen LogP contribution >= 0.6 is 0 Å². The molecule has 11 heteroatoms. The van der Waals surface area contributed by atoms with Crippen LogP contribution in [0.15, 0.2) is 52.9 Å². The summed E-state index contributed by atoms with van der Waals surface area (Å²) in [4.78, 5) is 29.3. The lowest BCUT2D eigenvalue weighted by Gasteiger charge is -2.27. The van der Waals surface area contributed by atoms with Crippen LogP contribution < -0.4 is 16.8 Å². The molecule has 1 amide bonds. The molecule has 0 aliphatic carbocycles. The SMILES string of the molecule is CC(C)(C)c1ccc2oc(C(OC(=O)C(F)(F)F)[C@@H](CCc3ccccc3)NC(=O)[C@H](N)CCCN)nc2c1. The van der Waals surface area contributed by atoms with Crippen molar-refractivity contribution in [3.05, 3.63) is 65.5 Å². The summed E-state index contributed by atoms with van der Waals surface area (Å²) >= 11 is 0. The van der Waals surface area contributed by atoms with E-state index in [1.807, 2.05) is 57.2 Å². The Morgan fingerprint density at radius 1 is 1.08 bits per heavy atom. The lowest BCUT2D eigenvalue weighted by Crippen LogP contribution is -2.49. The highest BCUT2D eigenvalue weighted by molar-refractivity contribution is 5.82. The number of nitrogens with zero attached hydrogens (tertiary/aromatic N) is 1. The molecule has 0 bridgehead atoms. The van der Waals surface area contributed by atoms with Crippen molar-refractivity contribution in [1.29, 1.82) is 0 Å². The average Bonchev–Trinajstić information content (AvgIpc) is 3.30. The number of benzene rings is 2. The predicted molar refractivity (Wildman–Crippen MR) is 141 cm³/mol. The molecule has 0 fully saturated rings. The maximum atomic E-state index is 13.3. The fraction of sp³-hybridized carbons (Fsp3) is 0.464. The summed E-state index contributed by atoms with van der Waals surface area (Å²) < 4.78 is 50.7. The molecule has 0 saturated carbocycles. The number of hydrogen-bond donors (Lipinski definition) is 3. The molecule has 0 spiro atoms. The van der Waals surface area contributed by atoms with Gasteiger partial charge < -0.3 is 25.9 Å². The van der Waals surface area contributed by atoms with E-state index in [9.17, 15) is 22.8 Å². The molecule has 2 aromatic carbocycles. The van der Waals surface area contributed by atoms with Crippen molar-refractivity contribution in [1.82, 2.24) is 10.3 Å². The lowest BCUT2D eigenvalue weighted by atomic mass is 9.87. The van der Waals surface area contributed by atoms with E-state index in [0.29, 0.717) is 30.5 Å². The van der Waals surface area contributed by atoms with Gasteiger partial charge in [-0.2, -0.15) is 13.2 Å². The van der Waals surface area contributed by atoms with Crippen LogP contribution in [0.5, 0.6) is 0 Å². The van der Waals surface area contributed by atoms with E-state index in [1.165, 1.54) is 0 Å². The number of nitrogens with one attached hydrogen (secondary N) is 1. The second-order valence-electron chi connectivity index (χ2n) is 10.5. The van der Waals surface area contributed by atoms with Gasteiger partial charge in [0.05, 0.1) is 12.1 Å². The van der Waals surface area contributed by atoms with E-state index >= 15 is 0 Å². The number of ether oxygens (including phenoxy) is 1. The van der Waals surface area contributed by atoms with Crippen LogP contribution in [-0.2, 0) is 26.2 Å². The highest BCUT2D eigenvalue weighted by atomic mass is 19.4. The molecule has 5 N–H and O–H groups in total. The summed E-state index contributed by atoms with van der Waals surface area (Å²) in [6, 6.07) is 12.3. The van der Waals surface area contributed by atoms with Gasteiger partial charge in [0.1, 0.15) is 5.52 Å². The summed E-state index contributed by atoms with van der Waals surface area (Å²) in [6.07, 6.45) is -5.70. The van der Waals surface area contributed by atoms with Gasteiger partial charge in [-0.05, 0) is 60.9 Å². The van der Waals surface area contributed by atoms with Crippen LogP contribution in [0.3, 0.4) is 0 Å². The van der Waals surface area contributed by atoms with Crippen molar-refractivity contribution in [2.24, 2.45) is 11.5 Å². The number of oxazole rings is 1.